The highest BCUT2D eigenvalue weighted by Gasteiger charge is 2.25. The number of hydrogen-bond donors (Lipinski definition) is 2. The molecule has 2 N–H and O–H groups in total. The molecule has 1 aliphatic heterocycles. The highest BCUT2D eigenvalue weighted by Crippen LogP contribution is 2.22. The van der Waals surface area contributed by atoms with Crippen LogP contribution in [0.5, 0.6) is 0 Å². The van der Waals surface area contributed by atoms with Crippen molar-refractivity contribution in [1.29, 1.82) is 0 Å². The molecule has 3 heterocycles. The Morgan fingerprint density at radius 2 is 2.14 bits per heavy atom. The van der Waals surface area contributed by atoms with Gasteiger partial charge in [0.15, 0.2) is 0 Å². The number of terminal acetylenes is 1. The number of aromatic nitrogens is 3. The molecule has 0 radical (unpaired) electrons. The van der Waals surface area contributed by atoms with Crippen molar-refractivity contribution in [3.05, 3.63) is 63.2 Å². The fraction of sp³-hybridized carbons (Fsp3) is 0.286. The lowest BCUT2D eigenvalue weighted by Crippen LogP contribution is -2.40. The van der Waals surface area contributed by atoms with Crippen molar-refractivity contribution in [2.24, 2.45) is 0 Å². The first kappa shape index (κ1) is 18.0. The highest BCUT2D eigenvalue weighted by molar-refractivity contribution is 5.94. The van der Waals surface area contributed by atoms with Gasteiger partial charge in [-0.3, -0.25) is 14.2 Å². The fourth-order valence-corrected chi connectivity index (χ4v) is 3.71. The Bertz CT molecular complexity index is 1160. The van der Waals surface area contributed by atoms with Crippen molar-refractivity contribution < 1.29 is 4.79 Å². The molecule has 7 nitrogen and oxygen atoms in total. The average Bonchev–Trinajstić information content (AvgIpc) is 3.12. The van der Waals surface area contributed by atoms with Gasteiger partial charge in [0.05, 0.1) is 17.6 Å². The number of amides is 1. The molecule has 142 valence electrons. The Morgan fingerprint density at radius 3 is 2.82 bits per heavy atom. The number of carbonyl (C=O) groups excluding carboxylic acids is 1. The predicted octanol–water partition coefficient (Wildman–Crippen LogP) is 1.05. The molecule has 4 rings (SSSR count). The monoisotopic (exact) mass is 375 g/mol. The summed E-state index contributed by atoms with van der Waals surface area (Å²) in [6, 6.07) is 7.17. The first-order valence-electron chi connectivity index (χ1n) is 9.18. The second kappa shape index (κ2) is 6.98. The third-order valence-corrected chi connectivity index (χ3v) is 5.13. The van der Waals surface area contributed by atoms with E-state index in [4.69, 9.17) is 6.42 Å². The van der Waals surface area contributed by atoms with Crippen LogP contribution in [0.3, 0.4) is 0 Å². The molecular formula is C21H21N5O2. The number of hydrogen-bond acceptors (Lipinski definition) is 4. The largest absolute Gasteiger partial charge is 0.355 e. The van der Waals surface area contributed by atoms with Gasteiger partial charge in [0.1, 0.15) is 5.65 Å². The molecule has 2 aromatic heterocycles. The molecule has 3 aromatic rings. The Balaban J connectivity index is 2.00. The van der Waals surface area contributed by atoms with Crippen LogP contribution in [0.15, 0.2) is 35.3 Å². The van der Waals surface area contributed by atoms with Crippen LogP contribution in [0.25, 0.3) is 11.3 Å². The molecule has 1 unspecified atom stereocenters. The van der Waals surface area contributed by atoms with Crippen LogP contribution in [-0.2, 0) is 19.4 Å². The van der Waals surface area contributed by atoms with Crippen LogP contribution >= 0.6 is 0 Å². The van der Waals surface area contributed by atoms with Gasteiger partial charge in [0.2, 0.25) is 0 Å². The number of rotatable bonds is 3. The zero-order valence-corrected chi connectivity index (χ0v) is 15.8. The summed E-state index contributed by atoms with van der Waals surface area (Å²) < 4.78 is 3.47. The van der Waals surface area contributed by atoms with E-state index < -0.39 is 0 Å². The molecule has 0 saturated carbocycles. The van der Waals surface area contributed by atoms with Crippen LogP contribution in [0.1, 0.15) is 34.1 Å². The Kier molecular flexibility index (Phi) is 4.49. The molecule has 1 amide bonds. The Morgan fingerprint density at radius 1 is 1.39 bits per heavy atom. The molecule has 1 aromatic carbocycles. The average molecular weight is 375 g/mol. The van der Waals surface area contributed by atoms with E-state index in [1.54, 1.807) is 42.1 Å². The topological polar surface area (TPSA) is 80.4 Å². The summed E-state index contributed by atoms with van der Waals surface area (Å²) in [6.07, 6.45) is 8.26. The van der Waals surface area contributed by atoms with Gasteiger partial charge in [-0.2, -0.15) is 5.10 Å². The van der Waals surface area contributed by atoms with Gasteiger partial charge in [-0.25, -0.2) is 4.52 Å². The molecule has 0 saturated heterocycles. The Labute approximate surface area is 162 Å². The summed E-state index contributed by atoms with van der Waals surface area (Å²) in [5, 5.41) is 10.5. The normalized spacial score (nSPS) is 15.8. The standard InChI is InChI=1S/C21H21N5O2/c1-4-5-15-11-24-26-18-12-23-13(2)10-17(18)21(28)25(20(15)26)16-8-6-14(7-9-16)19(27)22-3/h1,6-9,11,13,23H,5,10,12H2,2-3H3,(H,22,27). The lowest BCUT2D eigenvalue weighted by Gasteiger charge is -2.25. The molecule has 1 aliphatic rings. The zero-order valence-electron chi connectivity index (χ0n) is 15.8. The maximum absolute atomic E-state index is 13.5. The quantitative estimate of drug-likeness (QED) is 0.671. The SMILES string of the molecule is C#CCc1cnn2c3c(c(=O)n(-c4ccc(C(=O)NC)cc4)c12)CC(C)NC3. The van der Waals surface area contributed by atoms with Gasteiger partial charge in [-0.15, -0.1) is 12.3 Å². The number of benzene rings is 1. The third-order valence-electron chi connectivity index (χ3n) is 5.13. The zero-order chi connectivity index (χ0) is 19.8. The number of nitrogens with one attached hydrogen (secondary N) is 2. The van der Waals surface area contributed by atoms with E-state index >= 15 is 0 Å². The summed E-state index contributed by atoms with van der Waals surface area (Å²) in [5.74, 6) is 2.47. The minimum absolute atomic E-state index is 0.0673. The van der Waals surface area contributed by atoms with Crippen molar-refractivity contribution in [3.63, 3.8) is 0 Å². The summed E-state index contributed by atoms with van der Waals surface area (Å²) >= 11 is 0. The lowest BCUT2D eigenvalue weighted by atomic mass is 10.0. The molecule has 1 atom stereocenters. The van der Waals surface area contributed by atoms with Crippen LogP contribution < -0.4 is 16.2 Å². The molecule has 0 fully saturated rings. The minimum atomic E-state index is -0.174. The molecular weight excluding hydrogens is 354 g/mol. The fourth-order valence-electron chi connectivity index (χ4n) is 3.71. The van der Waals surface area contributed by atoms with E-state index in [0.717, 1.165) is 16.8 Å². The summed E-state index contributed by atoms with van der Waals surface area (Å²) in [4.78, 5) is 25.3. The van der Waals surface area contributed by atoms with Crippen molar-refractivity contribution in [2.75, 3.05) is 7.05 Å². The first-order valence-corrected chi connectivity index (χ1v) is 9.18. The maximum Gasteiger partial charge on any atom is 0.261 e. The van der Waals surface area contributed by atoms with E-state index in [1.165, 1.54) is 0 Å². The van der Waals surface area contributed by atoms with Gasteiger partial charge in [-0.1, -0.05) is 0 Å². The van der Waals surface area contributed by atoms with Crippen LogP contribution in [0.2, 0.25) is 0 Å². The van der Waals surface area contributed by atoms with Gasteiger partial charge < -0.3 is 10.6 Å². The smallest absolute Gasteiger partial charge is 0.261 e. The van der Waals surface area contributed by atoms with E-state index in [2.05, 4.69) is 28.6 Å². The summed E-state index contributed by atoms with van der Waals surface area (Å²) in [7, 11) is 1.58. The van der Waals surface area contributed by atoms with E-state index in [-0.39, 0.29) is 17.5 Å². The van der Waals surface area contributed by atoms with Gasteiger partial charge in [0.25, 0.3) is 11.5 Å². The Hall–Kier alpha value is -3.37. The number of fused-ring (bicyclic) bond motifs is 3. The van der Waals surface area contributed by atoms with Crippen molar-refractivity contribution in [1.82, 2.24) is 24.8 Å². The maximum atomic E-state index is 13.5. The van der Waals surface area contributed by atoms with Crippen LogP contribution in [0, 0.1) is 12.3 Å². The van der Waals surface area contributed by atoms with E-state index in [9.17, 15) is 9.59 Å². The van der Waals surface area contributed by atoms with Gasteiger partial charge in [0, 0.05) is 42.7 Å². The minimum Gasteiger partial charge on any atom is -0.355 e. The van der Waals surface area contributed by atoms with Crippen molar-refractivity contribution >= 4 is 11.6 Å². The van der Waals surface area contributed by atoms with Crippen molar-refractivity contribution in [2.45, 2.75) is 32.4 Å². The van der Waals surface area contributed by atoms with E-state index in [0.29, 0.717) is 36.3 Å². The number of nitrogens with zero attached hydrogens (tertiary/aromatic N) is 3. The third kappa shape index (κ3) is 2.79. The molecule has 0 bridgehead atoms. The van der Waals surface area contributed by atoms with Crippen LogP contribution in [0.4, 0.5) is 0 Å². The molecule has 28 heavy (non-hydrogen) atoms. The van der Waals surface area contributed by atoms with Crippen molar-refractivity contribution in [3.8, 4) is 18.0 Å². The molecule has 7 heteroatoms. The van der Waals surface area contributed by atoms with Gasteiger partial charge >= 0.3 is 0 Å². The van der Waals surface area contributed by atoms with Gasteiger partial charge in [-0.05, 0) is 37.6 Å². The highest BCUT2D eigenvalue weighted by atomic mass is 16.1. The van der Waals surface area contributed by atoms with E-state index in [1.807, 2.05) is 4.52 Å². The second-order valence-corrected chi connectivity index (χ2v) is 6.96. The molecule has 0 spiro atoms. The predicted molar refractivity (Wildman–Crippen MR) is 107 cm³/mol. The summed E-state index contributed by atoms with van der Waals surface area (Å²) in [5.41, 5.74) is 4.26. The summed E-state index contributed by atoms with van der Waals surface area (Å²) in [6.45, 7) is 2.64. The molecule has 0 aliphatic carbocycles. The lowest BCUT2D eigenvalue weighted by molar-refractivity contribution is 0.0963. The second-order valence-electron chi connectivity index (χ2n) is 6.96. The number of carbonyl (C=O) groups is 1. The van der Waals surface area contributed by atoms with Crippen LogP contribution in [-0.4, -0.2) is 33.2 Å². The first-order chi connectivity index (χ1) is 13.5.